The van der Waals surface area contributed by atoms with E-state index < -0.39 is 5.97 Å². The molecule has 0 bridgehead atoms. The highest BCUT2D eigenvalue weighted by molar-refractivity contribution is 7.12. The molecule has 4 nitrogen and oxygen atoms in total. The van der Waals surface area contributed by atoms with Crippen LogP contribution in [0.3, 0.4) is 0 Å². The molecular formula is C13H14N2O2S. The molecule has 0 saturated carbocycles. The summed E-state index contributed by atoms with van der Waals surface area (Å²) in [5.74, 6) is -0.865. The summed E-state index contributed by atoms with van der Waals surface area (Å²) in [4.78, 5) is 15.4. The Morgan fingerprint density at radius 3 is 3.06 bits per heavy atom. The number of thiophene rings is 1. The van der Waals surface area contributed by atoms with Crippen LogP contribution in [0.15, 0.2) is 36.0 Å². The van der Waals surface area contributed by atoms with Gasteiger partial charge in [-0.1, -0.05) is 6.07 Å². The van der Waals surface area contributed by atoms with Crippen molar-refractivity contribution in [3.05, 3.63) is 52.0 Å². The molecule has 0 aromatic carbocycles. The van der Waals surface area contributed by atoms with Gasteiger partial charge >= 0.3 is 5.97 Å². The van der Waals surface area contributed by atoms with Crippen molar-refractivity contribution in [3.63, 3.8) is 0 Å². The van der Waals surface area contributed by atoms with Gasteiger partial charge in [-0.25, -0.2) is 4.79 Å². The molecule has 1 atom stereocenters. The number of aromatic carboxylic acids is 1. The zero-order valence-corrected chi connectivity index (χ0v) is 10.8. The van der Waals surface area contributed by atoms with Gasteiger partial charge < -0.3 is 10.4 Å². The molecule has 0 unspecified atom stereocenters. The standard InChI is InChI=1S/C13H14N2O2S/c1-9(10-3-2-5-14-7-10)15-8-11-4-6-18-12(11)13(16)17/h2-7,9,15H,8H2,1H3,(H,16,17)/t9-/m0/s1. The van der Waals surface area contributed by atoms with Crippen molar-refractivity contribution in [1.82, 2.24) is 10.3 Å². The van der Waals surface area contributed by atoms with Gasteiger partial charge in [0.05, 0.1) is 0 Å². The summed E-state index contributed by atoms with van der Waals surface area (Å²) in [6, 6.07) is 5.87. The number of nitrogens with one attached hydrogen (secondary N) is 1. The van der Waals surface area contributed by atoms with Crippen LogP contribution < -0.4 is 5.32 Å². The first-order chi connectivity index (χ1) is 8.68. The molecule has 0 aliphatic rings. The fourth-order valence-electron chi connectivity index (χ4n) is 1.68. The van der Waals surface area contributed by atoms with Crippen LogP contribution in [0.1, 0.15) is 33.8 Å². The average Bonchev–Trinajstić information content (AvgIpc) is 2.85. The Balaban J connectivity index is 1.99. The van der Waals surface area contributed by atoms with E-state index in [0.717, 1.165) is 11.1 Å². The number of carboxylic acid groups (broad SMARTS) is 1. The van der Waals surface area contributed by atoms with Gasteiger partial charge in [0, 0.05) is 25.0 Å². The Bertz CT molecular complexity index is 525. The first-order valence-electron chi connectivity index (χ1n) is 5.61. The molecule has 0 aliphatic carbocycles. The summed E-state index contributed by atoms with van der Waals surface area (Å²) in [7, 11) is 0. The van der Waals surface area contributed by atoms with Crippen molar-refractivity contribution in [1.29, 1.82) is 0 Å². The zero-order valence-electron chi connectivity index (χ0n) is 9.96. The lowest BCUT2D eigenvalue weighted by Crippen LogP contribution is -2.19. The third kappa shape index (κ3) is 2.94. The van der Waals surface area contributed by atoms with Crippen LogP contribution in [0.2, 0.25) is 0 Å². The van der Waals surface area contributed by atoms with Gasteiger partial charge in [0.25, 0.3) is 0 Å². The zero-order chi connectivity index (χ0) is 13.0. The normalized spacial score (nSPS) is 12.3. The SMILES string of the molecule is C[C@H](NCc1ccsc1C(=O)O)c1cccnc1. The van der Waals surface area contributed by atoms with Gasteiger partial charge in [0.15, 0.2) is 0 Å². The Hall–Kier alpha value is -1.72. The van der Waals surface area contributed by atoms with Crippen LogP contribution in [-0.4, -0.2) is 16.1 Å². The van der Waals surface area contributed by atoms with E-state index in [-0.39, 0.29) is 6.04 Å². The predicted molar refractivity (Wildman–Crippen MR) is 70.8 cm³/mol. The molecule has 18 heavy (non-hydrogen) atoms. The predicted octanol–water partition coefficient (Wildman–Crippen LogP) is 2.69. The van der Waals surface area contributed by atoms with E-state index >= 15 is 0 Å². The maximum atomic E-state index is 11.0. The highest BCUT2D eigenvalue weighted by Crippen LogP contribution is 2.18. The molecule has 0 radical (unpaired) electrons. The summed E-state index contributed by atoms with van der Waals surface area (Å²) >= 11 is 1.25. The number of carboxylic acids is 1. The average molecular weight is 262 g/mol. The lowest BCUT2D eigenvalue weighted by atomic mass is 10.1. The third-order valence-electron chi connectivity index (χ3n) is 2.72. The minimum atomic E-state index is -0.865. The molecule has 2 rings (SSSR count). The first kappa shape index (κ1) is 12.7. The van der Waals surface area contributed by atoms with E-state index in [0.29, 0.717) is 11.4 Å². The Morgan fingerprint density at radius 2 is 2.39 bits per heavy atom. The quantitative estimate of drug-likeness (QED) is 0.869. The van der Waals surface area contributed by atoms with Crippen LogP contribution >= 0.6 is 11.3 Å². The van der Waals surface area contributed by atoms with Gasteiger partial charge in [0.2, 0.25) is 0 Å². The fourth-order valence-corrected chi connectivity index (χ4v) is 2.44. The molecule has 2 heterocycles. The van der Waals surface area contributed by atoms with Gasteiger partial charge in [-0.3, -0.25) is 4.98 Å². The van der Waals surface area contributed by atoms with Crippen LogP contribution in [0.25, 0.3) is 0 Å². The summed E-state index contributed by atoms with van der Waals surface area (Å²) in [6.07, 6.45) is 3.54. The largest absolute Gasteiger partial charge is 0.477 e. The Labute approximate surface area is 109 Å². The van der Waals surface area contributed by atoms with Gasteiger partial charge in [-0.05, 0) is 35.6 Å². The van der Waals surface area contributed by atoms with Crippen LogP contribution in [0.5, 0.6) is 0 Å². The van der Waals surface area contributed by atoms with E-state index in [2.05, 4.69) is 10.3 Å². The molecule has 0 amide bonds. The molecule has 0 saturated heterocycles. The highest BCUT2D eigenvalue weighted by atomic mass is 32.1. The van der Waals surface area contributed by atoms with Crippen molar-refractivity contribution in [2.24, 2.45) is 0 Å². The first-order valence-corrected chi connectivity index (χ1v) is 6.49. The monoisotopic (exact) mass is 262 g/mol. The van der Waals surface area contributed by atoms with Crippen molar-refractivity contribution >= 4 is 17.3 Å². The number of pyridine rings is 1. The molecule has 2 aromatic heterocycles. The van der Waals surface area contributed by atoms with Crippen molar-refractivity contribution < 1.29 is 9.90 Å². The van der Waals surface area contributed by atoms with E-state index in [1.807, 2.05) is 31.3 Å². The van der Waals surface area contributed by atoms with Crippen LogP contribution in [0.4, 0.5) is 0 Å². The van der Waals surface area contributed by atoms with E-state index in [4.69, 9.17) is 5.11 Å². The molecule has 2 N–H and O–H groups in total. The molecular weight excluding hydrogens is 248 g/mol. The smallest absolute Gasteiger partial charge is 0.346 e. The number of nitrogens with zero attached hydrogens (tertiary/aromatic N) is 1. The lowest BCUT2D eigenvalue weighted by Gasteiger charge is -2.13. The Morgan fingerprint density at radius 1 is 1.56 bits per heavy atom. The minimum Gasteiger partial charge on any atom is -0.477 e. The van der Waals surface area contributed by atoms with Crippen molar-refractivity contribution in [3.8, 4) is 0 Å². The van der Waals surface area contributed by atoms with Gasteiger partial charge in [-0.15, -0.1) is 11.3 Å². The second kappa shape index (κ2) is 5.75. The molecule has 0 aliphatic heterocycles. The molecule has 0 fully saturated rings. The lowest BCUT2D eigenvalue weighted by molar-refractivity contribution is 0.0701. The third-order valence-corrected chi connectivity index (χ3v) is 3.67. The number of hydrogen-bond acceptors (Lipinski definition) is 4. The van der Waals surface area contributed by atoms with Crippen LogP contribution in [-0.2, 0) is 6.54 Å². The van der Waals surface area contributed by atoms with E-state index in [1.165, 1.54) is 11.3 Å². The van der Waals surface area contributed by atoms with Crippen LogP contribution in [0, 0.1) is 0 Å². The minimum absolute atomic E-state index is 0.139. The number of hydrogen-bond donors (Lipinski definition) is 2. The second-order valence-corrected chi connectivity index (χ2v) is 4.89. The molecule has 94 valence electrons. The maximum absolute atomic E-state index is 11.0. The van der Waals surface area contributed by atoms with E-state index in [9.17, 15) is 4.79 Å². The summed E-state index contributed by atoms with van der Waals surface area (Å²) in [6.45, 7) is 2.57. The van der Waals surface area contributed by atoms with Gasteiger partial charge in [0.1, 0.15) is 4.88 Å². The summed E-state index contributed by atoms with van der Waals surface area (Å²) in [5.41, 5.74) is 1.91. The molecule has 0 spiro atoms. The van der Waals surface area contributed by atoms with Gasteiger partial charge in [-0.2, -0.15) is 0 Å². The maximum Gasteiger partial charge on any atom is 0.346 e. The van der Waals surface area contributed by atoms with Crippen molar-refractivity contribution in [2.75, 3.05) is 0 Å². The summed E-state index contributed by atoms with van der Waals surface area (Å²) < 4.78 is 0. The number of carbonyl (C=O) groups is 1. The number of rotatable bonds is 5. The molecule has 5 heteroatoms. The number of aromatic nitrogens is 1. The molecule has 2 aromatic rings. The summed E-state index contributed by atoms with van der Waals surface area (Å²) in [5, 5.41) is 14.1. The topological polar surface area (TPSA) is 62.2 Å². The van der Waals surface area contributed by atoms with Crippen molar-refractivity contribution in [2.45, 2.75) is 19.5 Å². The second-order valence-electron chi connectivity index (χ2n) is 3.97. The Kier molecular flexibility index (Phi) is 4.07. The highest BCUT2D eigenvalue weighted by Gasteiger charge is 2.12. The van der Waals surface area contributed by atoms with E-state index in [1.54, 1.807) is 11.6 Å². The fraction of sp³-hybridized carbons (Fsp3) is 0.231.